The van der Waals surface area contributed by atoms with Gasteiger partial charge in [-0.2, -0.15) is 0 Å². The lowest BCUT2D eigenvalue weighted by molar-refractivity contribution is -0.141. The van der Waals surface area contributed by atoms with Gasteiger partial charge in [-0.25, -0.2) is 4.39 Å². The molecule has 0 bridgehead atoms. The van der Waals surface area contributed by atoms with Crippen LogP contribution in [0.2, 0.25) is 0 Å². The Labute approximate surface area is 203 Å². The summed E-state index contributed by atoms with van der Waals surface area (Å²) >= 11 is 1.51. The Bertz CT molecular complexity index is 1100. The van der Waals surface area contributed by atoms with Crippen molar-refractivity contribution in [1.82, 2.24) is 10.2 Å². The SMILES string of the molecule is COc1cccc([C@@H](C(=O)NC2CCCC2)N(Cc2ccc(F)cc2)C(=O)Cc2cccs2)c1. The number of carbonyl (C=O) groups is 2. The fraction of sp³-hybridized carbons (Fsp3) is 0.333. The van der Waals surface area contributed by atoms with Gasteiger partial charge in [0.2, 0.25) is 11.8 Å². The minimum atomic E-state index is -0.840. The van der Waals surface area contributed by atoms with Gasteiger partial charge in [0.1, 0.15) is 17.6 Å². The first-order valence-corrected chi connectivity index (χ1v) is 12.4. The fourth-order valence-electron chi connectivity index (χ4n) is 4.41. The summed E-state index contributed by atoms with van der Waals surface area (Å²) in [4.78, 5) is 29.9. The first kappa shape index (κ1) is 24.0. The number of carbonyl (C=O) groups excluding carboxylic acids is 2. The molecule has 34 heavy (non-hydrogen) atoms. The van der Waals surface area contributed by atoms with Crippen molar-refractivity contribution in [2.24, 2.45) is 0 Å². The number of ether oxygens (including phenoxy) is 1. The molecule has 0 saturated heterocycles. The van der Waals surface area contributed by atoms with Crippen LogP contribution in [0.4, 0.5) is 4.39 Å². The summed E-state index contributed by atoms with van der Waals surface area (Å²) in [6.45, 7) is 0.185. The molecule has 5 nitrogen and oxygen atoms in total. The van der Waals surface area contributed by atoms with Crippen LogP contribution in [0.1, 0.15) is 47.7 Å². The molecule has 1 saturated carbocycles. The summed E-state index contributed by atoms with van der Waals surface area (Å²) < 4.78 is 18.9. The van der Waals surface area contributed by atoms with Gasteiger partial charge in [0, 0.05) is 17.5 Å². The normalized spacial score (nSPS) is 14.5. The van der Waals surface area contributed by atoms with Gasteiger partial charge in [0.25, 0.3) is 0 Å². The van der Waals surface area contributed by atoms with E-state index >= 15 is 0 Å². The van der Waals surface area contributed by atoms with Gasteiger partial charge in [-0.3, -0.25) is 9.59 Å². The first-order valence-electron chi connectivity index (χ1n) is 11.5. The topological polar surface area (TPSA) is 58.6 Å². The number of methoxy groups -OCH3 is 1. The highest BCUT2D eigenvalue weighted by Crippen LogP contribution is 2.29. The number of amides is 2. The van der Waals surface area contributed by atoms with Gasteiger partial charge < -0.3 is 15.0 Å². The van der Waals surface area contributed by atoms with Crippen molar-refractivity contribution in [3.8, 4) is 5.75 Å². The summed E-state index contributed by atoms with van der Waals surface area (Å²) in [6.07, 6.45) is 4.25. The lowest BCUT2D eigenvalue weighted by Crippen LogP contribution is -2.46. The third-order valence-corrected chi connectivity index (χ3v) is 7.04. The van der Waals surface area contributed by atoms with Gasteiger partial charge in [-0.15, -0.1) is 11.3 Å². The fourth-order valence-corrected chi connectivity index (χ4v) is 5.10. The summed E-state index contributed by atoms with van der Waals surface area (Å²) in [5.41, 5.74) is 1.43. The molecule has 0 radical (unpaired) electrons. The van der Waals surface area contributed by atoms with Gasteiger partial charge in [-0.1, -0.05) is 43.2 Å². The van der Waals surface area contributed by atoms with Crippen LogP contribution in [0, 0.1) is 5.82 Å². The molecule has 0 unspecified atom stereocenters. The van der Waals surface area contributed by atoms with E-state index in [1.165, 1.54) is 23.5 Å². The quantitative estimate of drug-likeness (QED) is 0.454. The van der Waals surface area contributed by atoms with E-state index in [0.29, 0.717) is 11.3 Å². The van der Waals surface area contributed by atoms with Crippen molar-refractivity contribution in [3.63, 3.8) is 0 Å². The zero-order valence-corrected chi connectivity index (χ0v) is 20.0. The third-order valence-electron chi connectivity index (χ3n) is 6.16. The Morgan fingerprint density at radius 3 is 2.56 bits per heavy atom. The van der Waals surface area contributed by atoms with Gasteiger partial charge >= 0.3 is 0 Å². The maximum atomic E-state index is 13.7. The van der Waals surface area contributed by atoms with Crippen molar-refractivity contribution in [2.75, 3.05) is 7.11 Å². The molecule has 2 amide bonds. The highest BCUT2D eigenvalue weighted by atomic mass is 32.1. The van der Waals surface area contributed by atoms with Crippen LogP contribution in [-0.2, 0) is 22.6 Å². The van der Waals surface area contributed by atoms with Gasteiger partial charge in [-0.05, 0) is 59.7 Å². The number of benzene rings is 2. The maximum absolute atomic E-state index is 13.7. The lowest BCUT2D eigenvalue weighted by Gasteiger charge is -2.32. The molecule has 1 aliphatic rings. The Morgan fingerprint density at radius 2 is 1.88 bits per heavy atom. The second-order valence-electron chi connectivity index (χ2n) is 8.57. The average Bonchev–Trinajstić information content (AvgIpc) is 3.54. The molecule has 0 aliphatic heterocycles. The van der Waals surface area contributed by atoms with E-state index in [0.717, 1.165) is 36.1 Å². The summed E-state index contributed by atoms with van der Waals surface area (Å²) in [5.74, 6) is -0.102. The molecule has 2 aromatic carbocycles. The number of hydrogen-bond donors (Lipinski definition) is 1. The number of nitrogens with one attached hydrogen (secondary N) is 1. The number of halogens is 1. The standard InChI is InChI=1S/C27H29FN2O3S/c1-33-23-9-4-6-20(16-23)26(27(32)29-22-7-2-3-8-22)30(18-19-11-13-21(28)14-12-19)25(31)17-24-10-5-15-34-24/h4-6,9-16,22,26H,2-3,7-8,17-18H2,1H3,(H,29,32)/t26-/m0/s1. The zero-order chi connectivity index (χ0) is 23.9. The molecule has 3 aromatic rings. The van der Waals surface area contributed by atoms with Crippen LogP contribution in [0.15, 0.2) is 66.0 Å². The molecular weight excluding hydrogens is 451 g/mol. The zero-order valence-electron chi connectivity index (χ0n) is 19.2. The van der Waals surface area contributed by atoms with E-state index in [1.807, 2.05) is 35.7 Å². The highest BCUT2D eigenvalue weighted by molar-refractivity contribution is 7.10. The average molecular weight is 481 g/mol. The summed E-state index contributed by atoms with van der Waals surface area (Å²) in [6, 6.07) is 16.4. The number of hydrogen-bond acceptors (Lipinski definition) is 4. The Balaban J connectivity index is 1.71. The predicted octanol–water partition coefficient (Wildman–Crippen LogP) is 5.27. The molecule has 1 heterocycles. The van der Waals surface area contributed by atoms with E-state index in [2.05, 4.69) is 5.32 Å². The monoisotopic (exact) mass is 480 g/mol. The number of thiophene rings is 1. The number of nitrogens with zero attached hydrogens (tertiary/aromatic N) is 1. The van der Waals surface area contributed by atoms with Crippen LogP contribution < -0.4 is 10.1 Å². The molecule has 0 spiro atoms. The lowest BCUT2D eigenvalue weighted by atomic mass is 10.0. The molecular formula is C27H29FN2O3S. The van der Waals surface area contributed by atoms with E-state index in [1.54, 1.807) is 30.2 Å². The maximum Gasteiger partial charge on any atom is 0.247 e. The molecule has 1 atom stereocenters. The third kappa shape index (κ3) is 6.03. The van der Waals surface area contributed by atoms with Gasteiger partial charge in [0.15, 0.2) is 0 Å². The molecule has 1 fully saturated rings. The molecule has 178 valence electrons. The molecule has 1 aromatic heterocycles. The molecule has 1 N–H and O–H groups in total. The smallest absolute Gasteiger partial charge is 0.247 e. The largest absolute Gasteiger partial charge is 0.497 e. The van der Waals surface area contributed by atoms with Crippen molar-refractivity contribution in [3.05, 3.63) is 87.9 Å². The Kier molecular flexibility index (Phi) is 7.95. The van der Waals surface area contributed by atoms with E-state index in [-0.39, 0.29) is 36.6 Å². The van der Waals surface area contributed by atoms with Crippen LogP contribution in [-0.4, -0.2) is 29.9 Å². The second kappa shape index (κ2) is 11.3. The van der Waals surface area contributed by atoms with E-state index in [4.69, 9.17) is 4.74 Å². The second-order valence-corrected chi connectivity index (χ2v) is 9.61. The van der Waals surface area contributed by atoms with Crippen molar-refractivity contribution in [2.45, 2.75) is 50.7 Å². The molecule has 1 aliphatic carbocycles. The Morgan fingerprint density at radius 1 is 1.12 bits per heavy atom. The molecule has 4 rings (SSSR count). The first-order chi connectivity index (χ1) is 16.5. The van der Waals surface area contributed by atoms with Crippen LogP contribution in [0.25, 0.3) is 0 Å². The highest BCUT2D eigenvalue weighted by Gasteiger charge is 2.33. The minimum Gasteiger partial charge on any atom is -0.497 e. The van der Waals surface area contributed by atoms with Crippen LogP contribution >= 0.6 is 11.3 Å². The van der Waals surface area contributed by atoms with Crippen molar-refractivity contribution >= 4 is 23.2 Å². The van der Waals surface area contributed by atoms with Crippen LogP contribution in [0.3, 0.4) is 0 Å². The van der Waals surface area contributed by atoms with E-state index in [9.17, 15) is 14.0 Å². The van der Waals surface area contributed by atoms with Crippen molar-refractivity contribution in [1.29, 1.82) is 0 Å². The Hall–Kier alpha value is -3.19. The van der Waals surface area contributed by atoms with Gasteiger partial charge in [0.05, 0.1) is 13.5 Å². The van der Waals surface area contributed by atoms with Crippen molar-refractivity contribution < 1.29 is 18.7 Å². The minimum absolute atomic E-state index is 0.112. The predicted molar refractivity (Wildman–Crippen MR) is 131 cm³/mol. The summed E-state index contributed by atoms with van der Waals surface area (Å²) in [7, 11) is 1.57. The number of rotatable bonds is 9. The molecule has 7 heteroatoms. The van der Waals surface area contributed by atoms with Crippen LogP contribution in [0.5, 0.6) is 5.75 Å². The summed E-state index contributed by atoms with van der Waals surface area (Å²) in [5, 5.41) is 5.10. The van der Waals surface area contributed by atoms with E-state index < -0.39 is 6.04 Å².